The minimum Gasteiger partial charge on any atom is -0.473 e. The van der Waals surface area contributed by atoms with E-state index in [1.807, 2.05) is 30.3 Å². The molecule has 2 rings (SSSR count). The molecule has 0 saturated carbocycles. The zero-order valence-electron chi connectivity index (χ0n) is 7.25. The van der Waals surface area contributed by atoms with Crippen molar-refractivity contribution in [2.45, 2.75) is 0 Å². The minimum atomic E-state index is -0.899. The van der Waals surface area contributed by atoms with Gasteiger partial charge in [0.2, 0.25) is 5.69 Å². The highest BCUT2D eigenvalue weighted by Gasteiger charge is 2.21. The van der Waals surface area contributed by atoms with E-state index >= 15 is 0 Å². The van der Waals surface area contributed by atoms with Gasteiger partial charge in [0.25, 0.3) is 0 Å². The molecule has 1 aromatic carbocycles. The highest BCUT2D eigenvalue weighted by molar-refractivity contribution is 7.11. The molecule has 0 saturated heterocycles. The Morgan fingerprint density at radius 2 is 2.00 bits per heavy atom. The first-order chi connectivity index (χ1) is 6.79. The maximum atomic E-state index is 10.8. The van der Waals surface area contributed by atoms with Gasteiger partial charge in [-0.05, 0) is 0 Å². The van der Waals surface area contributed by atoms with E-state index in [2.05, 4.69) is 0 Å². The molecule has 0 radical (unpaired) electrons. The Balaban J connectivity index is 2.52. The van der Waals surface area contributed by atoms with Crippen molar-refractivity contribution in [2.24, 2.45) is 0 Å². The summed E-state index contributed by atoms with van der Waals surface area (Å²) in [5.41, 5.74) is 0.867. The summed E-state index contributed by atoms with van der Waals surface area (Å²) in [6.45, 7) is 0. The summed E-state index contributed by atoms with van der Waals surface area (Å²) >= 11 is 1.22. The molecule has 14 heavy (non-hydrogen) atoms. The second-order valence-corrected chi connectivity index (χ2v) is 3.61. The predicted molar refractivity (Wildman–Crippen MR) is 52.8 cm³/mol. The van der Waals surface area contributed by atoms with Gasteiger partial charge in [-0.2, -0.15) is 0 Å². The number of aromatic nitrogens is 1. The average Bonchev–Trinajstić information content (AvgIpc) is 2.67. The van der Waals surface area contributed by atoms with Gasteiger partial charge in [-0.3, -0.25) is 0 Å². The molecule has 0 unspecified atom stereocenters. The van der Waals surface area contributed by atoms with E-state index in [4.69, 9.17) is 5.11 Å². The van der Waals surface area contributed by atoms with Crippen molar-refractivity contribution >= 4 is 17.3 Å². The van der Waals surface area contributed by atoms with Crippen LogP contribution in [0.25, 0.3) is 5.69 Å². The lowest BCUT2D eigenvalue weighted by atomic mass is 10.3. The van der Waals surface area contributed by atoms with Gasteiger partial charge in [0.05, 0.1) is 5.38 Å². The molecule has 0 atom stereocenters. The Bertz CT molecular complexity index is 450. The Labute approximate surface area is 84.9 Å². The van der Waals surface area contributed by atoms with Crippen molar-refractivity contribution in [3.63, 3.8) is 0 Å². The molecule has 4 heteroatoms. The van der Waals surface area contributed by atoms with E-state index in [0.717, 1.165) is 5.69 Å². The molecule has 0 aliphatic rings. The van der Waals surface area contributed by atoms with Crippen LogP contribution in [-0.4, -0.2) is 11.1 Å². The topological polar surface area (TPSA) is 41.2 Å². The minimum absolute atomic E-state index is 0.316. The monoisotopic (exact) mass is 206 g/mol. The van der Waals surface area contributed by atoms with Gasteiger partial charge in [0, 0.05) is 12.1 Å². The lowest BCUT2D eigenvalue weighted by Gasteiger charge is -1.92. The van der Waals surface area contributed by atoms with E-state index in [1.54, 1.807) is 16.1 Å². The normalized spacial score (nSPS) is 10.0. The summed E-state index contributed by atoms with van der Waals surface area (Å²) in [6, 6.07) is 9.41. The maximum absolute atomic E-state index is 10.8. The number of carboxylic acid groups (broad SMARTS) is 1. The molecule has 0 amide bonds. The lowest BCUT2D eigenvalue weighted by Crippen LogP contribution is -2.34. The van der Waals surface area contributed by atoms with Gasteiger partial charge in [-0.25, -0.2) is 4.79 Å². The number of benzene rings is 1. The molecular formula is C10H8NO2S+. The Kier molecular flexibility index (Phi) is 2.28. The first kappa shape index (κ1) is 8.90. The number of nitrogens with zero attached hydrogens (tertiary/aromatic N) is 1. The third kappa shape index (κ3) is 1.52. The number of hydrogen-bond donors (Lipinski definition) is 1. The van der Waals surface area contributed by atoms with E-state index in [0.29, 0.717) is 5.01 Å². The van der Waals surface area contributed by atoms with Gasteiger partial charge in [0.1, 0.15) is 0 Å². The van der Waals surface area contributed by atoms with E-state index in [-0.39, 0.29) is 0 Å². The van der Waals surface area contributed by atoms with Crippen LogP contribution >= 0.6 is 11.3 Å². The van der Waals surface area contributed by atoms with Crippen LogP contribution in [0.3, 0.4) is 0 Å². The fraction of sp³-hybridized carbons (Fsp3) is 0. The van der Waals surface area contributed by atoms with Crippen LogP contribution in [0.5, 0.6) is 0 Å². The van der Waals surface area contributed by atoms with E-state index in [1.165, 1.54) is 11.3 Å². The highest BCUT2D eigenvalue weighted by Crippen LogP contribution is 2.06. The molecule has 1 N–H and O–H groups in total. The first-order valence-electron chi connectivity index (χ1n) is 4.07. The van der Waals surface area contributed by atoms with Gasteiger partial charge in [0.15, 0.2) is 6.20 Å². The van der Waals surface area contributed by atoms with Gasteiger partial charge >= 0.3 is 11.0 Å². The first-order valence-corrected chi connectivity index (χ1v) is 4.95. The molecular weight excluding hydrogens is 198 g/mol. The van der Waals surface area contributed by atoms with Crippen LogP contribution in [0.2, 0.25) is 0 Å². The SMILES string of the molecule is O=C(O)c1scc[n+]1-c1ccccc1. The Hall–Kier alpha value is -1.68. The Morgan fingerprint density at radius 1 is 1.29 bits per heavy atom. The third-order valence-electron chi connectivity index (χ3n) is 1.83. The summed E-state index contributed by atoms with van der Waals surface area (Å²) < 4.78 is 1.66. The quantitative estimate of drug-likeness (QED) is 0.760. The molecule has 3 nitrogen and oxygen atoms in total. The lowest BCUT2D eigenvalue weighted by molar-refractivity contribution is -0.593. The van der Waals surface area contributed by atoms with Crippen LogP contribution in [0.15, 0.2) is 41.9 Å². The van der Waals surface area contributed by atoms with Crippen molar-refractivity contribution < 1.29 is 14.5 Å². The number of hydrogen-bond acceptors (Lipinski definition) is 2. The van der Waals surface area contributed by atoms with Gasteiger partial charge in [-0.15, -0.1) is 4.57 Å². The fourth-order valence-corrected chi connectivity index (χ4v) is 1.92. The molecule has 0 spiro atoms. The summed E-state index contributed by atoms with van der Waals surface area (Å²) in [4.78, 5) is 10.8. The van der Waals surface area contributed by atoms with Crippen molar-refractivity contribution in [1.82, 2.24) is 0 Å². The standard InChI is InChI=1S/C10H7NO2S/c12-10(13)9-11(6-7-14-9)8-4-2-1-3-5-8/h1-7H/p+1. The smallest absolute Gasteiger partial charge is 0.413 e. The summed E-state index contributed by atoms with van der Waals surface area (Å²) in [5.74, 6) is -0.899. The summed E-state index contributed by atoms with van der Waals surface area (Å²) in [7, 11) is 0. The number of para-hydroxylation sites is 1. The van der Waals surface area contributed by atoms with Crippen molar-refractivity contribution in [3.8, 4) is 5.69 Å². The van der Waals surface area contributed by atoms with Crippen LogP contribution in [0, 0.1) is 0 Å². The van der Waals surface area contributed by atoms with Crippen LogP contribution < -0.4 is 4.57 Å². The number of carbonyl (C=O) groups is 1. The second kappa shape index (κ2) is 3.59. The zero-order valence-corrected chi connectivity index (χ0v) is 8.07. The molecule has 0 aliphatic carbocycles. The van der Waals surface area contributed by atoms with Crippen molar-refractivity contribution in [2.75, 3.05) is 0 Å². The highest BCUT2D eigenvalue weighted by atomic mass is 32.1. The molecule has 2 aromatic rings. The largest absolute Gasteiger partial charge is 0.473 e. The predicted octanol–water partition coefficient (Wildman–Crippen LogP) is 1.72. The number of carboxylic acids is 1. The molecule has 70 valence electrons. The number of thiazole rings is 1. The van der Waals surface area contributed by atoms with Crippen molar-refractivity contribution in [1.29, 1.82) is 0 Å². The molecule has 1 heterocycles. The molecule has 1 aromatic heterocycles. The molecule has 0 bridgehead atoms. The van der Waals surface area contributed by atoms with Crippen LogP contribution in [0.1, 0.15) is 9.80 Å². The van der Waals surface area contributed by atoms with Gasteiger partial charge in [-0.1, -0.05) is 29.5 Å². The van der Waals surface area contributed by atoms with E-state index < -0.39 is 5.97 Å². The maximum Gasteiger partial charge on any atom is 0.413 e. The summed E-state index contributed by atoms with van der Waals surface area (Å²) in [6.07, 6.45) is 1.75. The Morgan fingerprint density at radius 3 is 2.64 bits per heavy atom. The molecule has 0 fully saturated rings. The average molecular weight is 206 g/mol. The van der Waals surface area contributed by atoms with Crippen LogP contribution in [0.4, 0.5) is 0 Å². The number of aromatic carboxylic acids is 1. The van der Waals surface area contributed by atoms with Crippen LogP contribution in [-0.2, 0) is 0 Å². The van der Waals surface area contributed by atoms with Crippen molar-refractivity contribution in [3.05, 3.63) is 46.9 Å². The van der Waals surface area contributed by atoms with E-state index in [9.17, 15) is 4.79 Å². The molecule has 0 aliphatic heterocycles. The number of rotatable bonds is 2. The third-order valence-corrected chi connectivity index (χ3v) is 2.68. The summed E-state index contributed by atoms with van der Waals surface area (Å²) in [5, 5.41) is 11.0. The second-order valence-electron chi connectivity index (χ2n) is 2.72. The zero-order chi connectivity index (χ0) is 9.97. The van der Waals surface area contributed by atoms with Gasteiger partial charge < -0.3 is 5.11 Å². The fourth-order valence-electron chi connectivity index (χ4n) is 1.23.